The van der Waals surface area contributed by atoms with Crippen molar-refractivity contribution >= 4 is 26.2 Å². The number of alkyl halides is 2. The van der Waals surface area contributed by atoms with Crippen LogP contribution in [0.3, 0.4) is 0 Å². The highest BCUT2D eigenvalue weighted by Gasteiger charge is 2.63. The summed E-state index contributed by atoms with van der Waals surface area (Å²) >= 11 is 0. The van der Waals surface area contributed by atoms with Crippen LogP contribution in [0.1, 0.15) is 18.4 Å². The van der Waals surface area contributed by atoms with E-state index in [1.165, 1.54) is 19.2 Å². The van der Waals surface area contributed by atoms with Crippen LogP contribution in [0.5, 0.6) is 5.75 Å². The zero-order valence-corrected chi connectivity index (χ0v) is 19.0. The van der Waals surface area contributed by atoms with Gasteiger partial charge in [-0.1, -0.05) is 12.1 Å². The van der Waals surface area contributed by atoms with Crippen molar-refractivity contribution < 1.29 is 44.4 Å². The first-order valence-corrected chi connectivity index (χ1v) is 12.9. The zero-order valence-electron chi connectivity index (χ0n) is 17.3. The predicted octanol–water partition coefficient (Wildman–Crippen LogP) is 1.33. The Kier molecular flexibility index (Phi) is 6.71. The zero-order chi connectivity index (χ0) is 23.9. The number of rotatable bonds is 9. The van der Waals surface area contributed by atoms with Crippen molar-refractivity contribution in [2.75, 3.05) is 26.5 Å². The van der Waals surface area contributed by atoms with E-state index in [-0.39, 0.29) is 0 Å². The lowest BCUT2D eigenvalue weighted by atomic mass is 10.1. The summed E-state index contributed by atoms with van der Waals surface area (Å²) in [6.07, 6.45) is -0.440. The normalized spacial score (nSPS) is 23.5. The van der Waals surface area contributed by atoms with E-state index in [0.717, 1.165) is 0 Å². The van der Waals surface area contributed by atoms with Crippen molar-refractivity contribution in [3.05, 3.63) is 29.8 Å². The van der Waals surface area contributed by atoms with Crippen molar-refractivity contribution in [2.24, 2.45) is 0 Å². The fourth-order valence-electron chi connectivity index (χ4n) is 3.59. The number of ether oxygens (including phenoxy) is 1. The Labute approximate surface area is 184 Å². The van der Waals surface area contributed by atoms with Gasteiger partial charge in [-0.25, -0.2) is 22.0 Å². The predicted molar refractivity (Wildman–Crippen MR) is 109 cm³/mol. The molecule has 1 aliphatic heterocycles. The maximum Gasteiger partial charge on any atom is 0.407 e. The van der Waals surface area contributed by atoms with Gasteiger partial charge in [0.1, 0.15) is 17.8 Å². The number of nitrogens with zero attached hydrogens (tertiary/aromatic N) is 2. The van der Waals surface area contributed by atoms with Crippen LogP contribution in [0.25, 0.3) is 0 Å². The molecule has 1 heterocycles. The Bertz CT molecular complexity index is 1060. The Morgan fingerprint density at radius 1 is 1.22 bits per heavy atom. The molecular formula is C18H24F2N2O8S2. The van der Waals surface area contributed by atoms with Crippen LogP contribution in [0.15, 0.2) is 24.3 Å². The maximum absolute atomic E-state index is 15.4. The van der Waals surface area contributed by atoms with Crippen LogP contribution in [-0.4, -0.2) is 87.0 Å². The van der Waals surface area contributed by atoms with Gasteiger partial charge in [0.05, 0.1) is 25.2 Å². The van der Waals surface area contributed by atoms with Crippen LogP contribution in [0.4, 0.5) is 13.6 Å². The first-order valence-electron chi connectivity index (χ1n) is 9.62. The first-order chi connectivity index (χ1) is 14.8. The summed E-state index contributed by atoms with van der Waals surface area (Å²) in [5.41, 5.74) is 0.406. The second-order valence-corrected chi connectivity index (χ2v) is 11.6. The van der Waals surface area contributed by atoms with Gasteiger partial charge in [0.15, 0.2) is 0 Å². The summed E-state index contributed by atoms with van der Waals surface area (Å²) in [6.45, 7) is -2.37. The SMILES string of the molecule is COc1ccc(CN([C@@H]2CN(C(=O)O)[C@H](COS(C)(=O)=O)C2(F)F)S(=O)(=O)C2CC2)cc1. The molecule has 2 fully saturated rings. The summed E-state index contributed by atoms with van der Waals surface area (Å²) in [6, 6.07) is 1.96. The smallest absolute Gasteiger partial charge is 0.407 e. The highest BCUT2D eigenvalue weighted by molar-refractivity contribution is 7.90. The number of benzene rings is 1. The molecule has 0 bridgehead atoms. The van der Waals surface area contributed by atoms with Crippen molar-refractivity contribution in [3.63, 3.8) is 0 Å². The second kappa shape index (κ2) is 8.72. The second-order valence-electron chi connectivity index (χ2n) is 7.77. The van der Waals surface area contributed by atoms with Gasteiger partial charge in [0.25, 0.3) is 16.0 Å². The first kappa shape index (κ1) is 24.6. The number of likely N-dealkylation sites (tertiary alicyclic amines) is 1. The fourth-order valence-corrected chi connectivity index (χ4v) is 5.98. The van der Waals surface area contributed by atoms with Gasteiger partial charge in [-0.15, -0.1) is 0 Å². The number of methoxy groups -OCH3 is 1. The molecule has 1 aromatic carbocycles. The summed E-state index contributed by atoms with van der Waals surface area (Å²) < 4.78 is 89.7. The number of hydrogen-bond donors (Lipinski definition) is 1. The Morgan fingerprint density at radius 3 is 2.28 bits per heavy atom. The van der Waals surface area contributed by atoms with Crippen molar-refractivity contribution in [3.8, 4) is 5.75 Å². The van der Waals surface area contributed by atoms with E-state index in [9.17, 15) is 26.7 Å². The summed E-state index contributed by atoms with van der Waals surface area (Å²) in [5.74, 6) is -3.41. The van der Waals surface area contributed by atoms with Gasteiger partial charge < -0.3 is 9.84 Å². The third-order valence-corrected chi connectivity index (χ3v) is 8.35. The number of amides is 1. The topological polar surface area (TPSA) is 131 Å². The highest BCUT2D eigenvalue weighted by atomic mass is 32.2. The molecule has 14 heteroatoms. The number of carboxylic acid groups (broad SMARTS) is 1. The van der Waals surface area contributed by atoms with E-state index in [0.29, 0.717) is 39.6 Å². The van der Waals surface area contributed by atoms with Crippen LogP contribution in [0.2, 0.25) is 0 Å². The minimum atomic E-state index is -4.17. The number of carbonyl (C=O) groups is 1. The highest BCUT2D eigenvalue weighted by Crippen LogP contribution is 2.42. The molecule has 1 aromatic rings. The molecule has 180 valence electrons. The summed E-state index contributed by atoms with van der Waals surface area (Å²) in [5, 5.41) is 8.60. The lowest BCUT2D eigenvalue weighted by molar-refractivity contribution is -0.0738. The molecule has 0 unspecified atom stereocenters. The Morgan fingerprint density at radius 2 is 1.81 bits per heavy atom. The molecular weight excluding hydrogens is 474 g/mol. The molecule has 0 radical (unpaired) electrons. The van der Waals surface area contributed by atoms with Crippen LogP contribution in [-0.2, 0) is 30.9 Å². The number of halogens is 2. The van der Waals surface area contributed by atoms with Gasteiger partial charge in [0, 0.05) is 13.1 Å². The van der Waals surface area contributed by atoms with Crippen molar-refractivity contribution in [2.45, 2.75) is 42.6 Å². The fraction of sp³-hybridized carbons (Fsp3) is 0.611. The van der Waals surface area contributed by atoms with Crippen LogP contribution >= 0.6 is 0 Å². The van der Waals surface area contributed by atoms with Crippen molar-refractivity contribution in [1.29, 1.82) is 0 Å². The molecule has 1 aliphatic carbocycles. The minimum Gasteiger partial charge on any atom is -0.497 e. The van der Waals surface area contributed by atoms with Gasteiger partial charge in [-0.3, -0.25) is 9.08 Å². The van der Waals surface area contributed by atoms with E-state index in [4.69, 9.17) is 4.74 Å². The lowest BCUT2D eigenvalue weighted by Gasteiger charge is -2.32. The average Bonchev–Trinajstić information content (AvgIpc) is 3.50. The van der Waals surface area contributed by atoms with Gasteiger partial charge >= 0.3 is 6.09 Å². The number of hydrogen-bond acceptors (Lipinski definition) is 7. The Hall–Kier alpha value is -2.03. The molecule has 1 saturated carbocycles. The maximum atomic E-state index is 15.4. The Balaban J connectivity index is 1.97. The lowest BCUT2D eigenvalue weighted by Crippen LogP contribution is -2.53. The van der Waals surface area contributed by atoms with E-state index >= 15 is 8.78 Å². The van der Waals surface area contributed by atoms with Crippen molar-refractivity contribution in [1.82, 2.24) is 9.21 Å². The molecule has 0 spiro atoms. The molecule has 10 nitrogen and oxygen atoms in total. The third-order valence-electron chi connectivity index (χ3n) is 5.44. The monoisotopic (exact) mass is 498 g/mol. The molecule has 0 aromatic heterocycles. The van der Waals surface area contributed by atoms with E-state index in [1.54, 1.807) is 12.1 Å². The molecule has 3 rings (SSSR count). The van der Waals surface area contributed by atoms with E-state index in [1.807, 2.05) is 0 Å². The quantitative estimate of drug-likeness (QED) is 0.505. The van der Waals surface area contributed by atoms with Gasteiger partial charge in [-0.05, 0) is 30.5 Å². The largest absolute Gasteiger partial charge is 0.497 e. The van der Waals surface area contributed by atoms with Crippen LogP contribution in [0, 0.1) is 0 Å². The molecule has 2 aliphatic rings. The third kappa shape index (κ3) is 5.13. The average molecular weight is 499 g/mol. The van der Waals surface area contributed by atoms with Gasteiger partial charge in [0.2, 0.25) is 10.0 Å². The van der Waals surface area contributed by atoms with E-state index < -0.39 is 69.2 Å². The standard InChI is InChI=1S/C18H24F2N2O8S2/c1-29-13-5-3-12(4-6-13)9-22(32(27,28)14-7-8-14)15-10-21(17(23)24)16(18(15,19)20)11-30-31(2,25)26/h3-6,14-16H,7-11H2,1-2H3,(H,23,24)/t15-,16-/m1/s1. The molecule has 2 atom stereocenters. The minimum absolute atomic E-state index is 0.322. The summed E-state index contributed by atoms with van der Waals surface area (Å²) in [7, 11) is -6.86. The molecule has 32 heavy (non-hydrogen) atoms. The molecule has 1 N–H and O–H groups in total. The van der Waals surface area contributed by atoms with E-state index in [2.05, 4.69) is 4.18 Å². The van der Waals surface area contributed by atoms with Gasteiger partial charge in [-0.2, -0.15) is 12.7 Å². The molecule has 1 amide bonds. The summed E-state index contributed by atoms with van der Waals surface area (Å²) in [4.78, 5) is 12.0. The van der Waals surface area contributed by atoms with Crippen LogP contribution < -0.4 is 4.74 Å². The molecule has 1 saturated heterocycles. The number of sulfonamides is 1.